The number of benzene rings is 2. The summed E-state index contributed by atoms with van der Waals surface area (Å²) in [5, 5.41) is 3.91. The number of aryl methyl sites for hydroxylation is 1. The summed E-state index contributed by atoms with van der Waals surface area (Å²) in [6, 6.07) is 11.8. The molecule has 0 saturated carbocycles. The van der Waals surface area contributed by atoms with Gasteiger partial charge in [-0.05, 0) is 37.3 Å². The topological polar surface area (TPSA) is 64.0 Å². The highest BCUT2D eigenvalue weighted by atomic mass is 35.5. The van der Waals surface area contributed by atoms with Crippen LogP contribution in [0.25, 0.3) is 10.9 Å². The van der Waals surface area contributed by atoms with Crippen molar-refractivity contribution in [2.45, 2.75) is 13.5 Å². The maximum absolute atomic E-state index is 12.5. The van der Waals surface area contributed by atoms with Gasteiger partial charge in [0, 0.05) is 5.69 Å². The molecule has 0 fully saturated rings. The van der Waals surface area contributed by atoms with Crippen LogP contribution in [-0.2, 0) is 11.3 Å². The van der Waals surface area contributed by atoms with Crippen LogP contribution < -0.4 is 10.9 Å². The summed E-state index contributed by atoms with van der Waals surface area (Å²) < 4.78 is 1.34. The maximum atomic E-state index is 12.5. The molecule has 2 aromatic carbocycles. The Morgan fingerprint density at radius 3 is 2.67 bits per heavy atom. The SMILES string of the molecule is Cc1nc2ccccc2c(=O)n1CC(=O)Nc1ccc(Cl)c(Cl)c1. The number of carbonyl (C=O) groups is 1. The fourth-order valence-electron chi connectivity index (χ4n) is 2.38. The molecule has 0 unspecified atom stereocenters. The van der Waals surface area contributed by atoms with E-state index >= 15 is 0 Å². The number of nitrogens with one attached hydrogen (secondary N) is 1. The Hall–Kier alpha value is -2.37. The zero-order chi connectivity index (χ0) is 17.3. The summed E-state index contributed by atoms with van der Waals surface area (Å²) >= 11 is 11.8. The molecule has 0 aliphatic carbocycles. The number of amides is 1. The molecule has 1 heterocycles. The van der Waals surface area contributed by atoms with Gasteiger partial charge < -0.3 is 5.32 Å². The number of para-hydroxylation sites is 1. The molecule has 7 heteroatoms. The average molecular weight is 362 g/mol. The van der Waals surface area contributed by atoms with E-state index in [1.54, 1.807) is 43.3 Å². The summed E-state index contributed by atoms with van der Waals surface area (Å²) in [5.74, 6) is 0.124. The van der Waals surface area contributed by atoms with Crippen molar-refractivity contribution in [1.82, 2.24) is 9.55 Å². The van der Waals surface area contributed by atoms with Gasteiger partial charge in [-0.1, -0.05) is 35.3 Å². The quantitative estimate of drug-likeness (QED) is 0.774. The molecule has 122 valence electrons. The number of nitrogens with zero attached hydrogens (tertiary/aromatic N) is 2. The first-order chi connectivity index (χ1) is 11.5. The first-order valence-electron chi connectivity index (χ1n) is 7.17. The highest BCUT2D eigenvalue weighted by Crippen LogP contribution is 2.24. The fraction of sp³-hybridized carbons (Fsp3) is 0.118. The standard InChI is InChI=1S/C17H13Cl2N3O2/c1-10-20-15-5-3-2-4-12(15)17(24)22(10)9-16(23)21-11-6-7-13(18)14(19)8-11/h2-8H,9H2,1H3,(H,21,23). The van der Waals surface area contributed by atoms with Crippen molar-refractivity contribution in [2.75, 3.05) is 5.32 Å². The summed E-state index contributed by atoms with van der Waals surface area (Å²) in [7, 11) is 0. The first-order valence-corrected chi connectivity index (χ1v) is 7.92. The Bertz CT molecular complexity index is 999. The Morgan fingerprint density at radius 1 is 1.17 bits per heavy atom. The number of aromatic nitrogens is 2. The monoisotopic (exact) mass is 361 g/mol. The van der Waals surface area contributed by atoms with Crippen LogP contribution in [0.4, 0.5) is 5.69 Å². The maximum Gasteiger partial charge on any atom is 0.261 e. The molecule has 5 nitrogen and oxygen atoms in total. The van der Waals surface area contributed by atoms with Gasteiger partial charge in [0.15, 0.2) is 0 Å². The van der Waals surface area contributed by atoms with Gasteiger partial charge in [-0.2, -0.15) is 0 Å². The predicted molar refractivity (Wildman–Crippen MR) is 95.8 cm³/mol. The summed E-state index contributed by atoms with van der Waals surface area (Å²) in [6.45, 7) is 1.56. The third-order valence-electron chi connectivity index (χ3n) is 3.56. The van der Waals surface area contributed by atoms with Crippen molar-refractivity contribution in [2.24, 2.45) is 0 Å². The molecule has 3 aromatic rings. The van der Waals surface area contributed by atoms with Gasteiger partial charge in [-0.15, -0.1) is 0 Å². The van der Waals surface area contributed by atoms with E-state index in [1.165, 1.54) is 4.57 Å². The zero-order valence-corrected chi connectivity index (χ0v) is 14.2. The Balaban J connectivity index is 1.87. The lowest BCUT2D eigenvalue weighted by atomic mass is 10.2. The normalized spacial score (nSPS) is 10.8. The van der Waals surface area contributed by atoms with Gasteiger partial charge in [-0.25, -0.2) is 4.98 Å². The van der Waals surface area contributed by atoms with Crippen molar-refractivity contribution >= 4 is 45.7 Å². The van der Waals surface area contributed by atoms with E-state index in [1.807, 2.05) is 6.07 Å². The summed E-state index contributed by atoms with van der Waals surface area (Å²) in [4.78, 5) is 29.2. The lowest BCUT2D eigenvalue weighted by Crippen LogP contribution is -2.30. The number of hydrogen-bond acceptors (Lipinski definition) is 3. The molecule has 1 aromatic heterocycles. The van der Waals surface area contributed by atoms with Crippen LogP contribution in [-0.4, -0.2) is 15.5 Å². The van der Waals surface area contributed by atoms with Crippen LogP contribution in [0, 0.1) is 6.92 Å². The number of carbonyl (C=O) groups excluding carboxylic acids is 1. The van der Waals surface area contributed by atoms with Crippen LogP contribution in [0.5, 0.6) is 0 Å². The molecule has 1 amide bonds. The molecule has 0 spiro atoms. The summed E-state index contributed by atoms with van der Waals surface area (Å²) in [6.07, 6.45) is 0. The van der Waals surface area contributed by atoms with E-state index in [4.69, 9.17) is 23.2 Å². The highest BCUT2D eigenvalue weighted by molar-refractivity contribution is 6.42. The van der Waals surface area contributed by atoms with Gasteiger partial charge in [-0.3, -0.25) is 14.2 Å². The number of anilines is 1. The van der Waals surface area contributed by atoms with E-state index in [2.05, 4.69) is 10.3 Å². The molecule has 24 heavy (non-hydrogen) atoms. The van der Waals surface area contributed by atoms with Gasteiger partial charge in [0.25, 0.3) is 5.56 Å². The molecule has 3 rings (SSSR count). The van der Waals surface area contributed by atoms with Gasteiger partial charge >= 0.3 is 0 Å². The van der Waals surface area contributed by atoms with E-state index in [0.29, 0.717) is 32.5 Å². The molecule has 0 aliphatic heterocycles. The van der Waals surface area contributed by atoms with Gasteiger partial charge in [0.05, 0.1) is 20.9 Å². The average Bonchev–Trinajstić information content (AvgIpc) is 2.55. The van der Waals surface area contributed by atoms with E-state index in [9.17, 15) is 9.59 Å². The van der Waals surface area contributed by atoms with Crippen molar-refractivity contribution in [3.05, 3.63) is 68.7 Å². The Kier molecular flexibility index (Phi) is 4.55. The van der Waals surface area contributed by atoms with Crippen molar-refractivity contribution in [3.8, 4) is 0 Å². The second kappa shape index (κ2) is 6.63. The number of hydrogen-bond donors (Lipinski definition) is 1. The van der Waals surface area contributed by atoms with E-state index in [0.717, 1.165) is 0 Å². The molecule has 0 atom stereocenters. The Morgan fingerprint density at radius 2 is 1.92 bits per heavy atom. The molecule has 1 N–H and O–H groups in total. The molecular weight excluding hydrogens is 349 g/mol. The van der Waals surface area contributed by atoms with Crippen LogP contribution in [0.3, 0.4) is 0 Å². The van der Waals surface area contributed by atoms with Crippen molar-refractivity contribution in [1.29, 1.82) is 0 Å². The summed E-state index contributed by atoms with van der Waals surface area (Å²) in [5.41, 5.74) is 0.873. The number of halogens is 2. The number of rotatable bonds is 3. The van der Waals surface area contributed by atoms with Crippen molar-refractivity contribution in [3.63, 3.8) is 0 Å². The molecule has 0 bridgehead atoms. The van der Waals surface area contributed by atoms with E-state index < -0.39 is 0 Å². The molecule has 0 aliphatic rings. The zero-order valence-electron chi connectivity index (χ0n) is 12.7. The van der Waals surface area contributed by atoms with Crippen LogP contribution in [0.15, 0.2) is 47.3 Å². The predicted octanol–water partition coefficient (Wildman–Crippen LogP) is 3.65. The van der Waals surface area contributed by atoms with Crippen LogP contribution in [0.2, 0.25) is 10.0 Å². The third kappa shape index (κ3) is 3.27. The highest BCUT2D eigenvalue weighted by Gasteiger charge is 2.12. The lowest BCUT2D eigenvalue weighted by Gasteiger charge is -2.11. The van der Waals surface area contributed by atoms with Crippen LogP contribution >= 0.6 is 23.2 Å². The smallest absolute Gasteiger partial charge is 0.261 e. The van der Waals surface area contributed by atoms with E-state index in [-0.39, 0.29) is 18.0 Å². The second-order valence-electron chi connectivity index (χ2n) is 5.24. The molecule has 0 saturated heterocycles. The van der Waals surface area contributed by atoms with Crippen LogP contribution in [0.1, 0.15) is 5.82 Å². The lowest BCUT2D eigenvalue weighted by molar-refractivity contribution is -0.116. The minimum absolute atomic E-state index is 0.136. The molecular formula is C17H13Cl2N3O2. The largest absolute Gasteiger partial charge is 0.324 e. The van der Waals surface area contributed by atoms with Gasteiger partial charge in [0.1, 0.15) is 12.4 Å². The minimum atomic E-state index is -0.351. The first kappa shape index (κ1) is 16.5. The minimum Gasteiger partial charge on any atom is -0.324 e. The number of fused-ring (bicyclic) bond motifs is 1. The second-order valence-corrected chi connectivity index (χ2v) is 6.06. The third-order valence-corrected chi connectivity index (χ3v) is 4.30. The van der Waals surface area contributed by atoms with Gasteiger partial charge in [0.2, 0.25) is 5.91 Å². The Labute approximate surface area is 147 Å². The van der Waals surface area contributed by atoms with Crippen molar-refractivity contribution < 1.29 is 4.79 Å². The fourth-order valence-corrected chi connectivity index (χ4v) is 2.68. The molecule has 0 radical (unpaired) electrons.